The normalized spacial score (nSPS) is 15.5. The lowest BCUT2D eigenvalue weighted by atomic mass is 10.2. The molecule has 0 radical (unpaired) electrons. The molecular formula is C17H16BrN3O5S. The second kappa shape index (κ2) is 7.75. The van der Waals surface area contributed by atoms with Crippen molar-refractivity contribution < 1.29 is 18.1 Å². The van der Waals surface area contributed by atoms with Crippen molar-refractivity contribution in [3.8, 4) is 0 Å². The fourth-order valence-corrected chi connectivity index (χ4v) is 4.88. The van der Waals surface area contributed by atoms with Crippen LogP contribution in [-0.4, -0.2) is 54.6 Å². The van der Waals surface area contributed by atoms with Gasteiger partial charge < -0.3 is 4.90 Å². The smallest absolute Gasteiger partial charge is 0.289 e. The number of benzene rings is 2. The van der Waals surface area contributed by atoms with Gasteiger partial charge in [0, 0.05) is 42.3 Å². The SMILES string of the molecule is O=C(c1cccc(Br)c1)N1CCN(S(=O)(=O)c2ccccc2[N+](=O)[O-])CC1. The first-order valence-corrected chi connectivity index (χ1v) is 10.3. The second-order valence-electron chi connectivity index (χ2n) is 5.93. The number of amides is 1. The predicted octanol–water partition coefficient (Wildman–Crippen LogP) is 2.50. The molecule has 2 aromatic carbocycles. The van der Waals surface area contributed by atoms with Crippen LogP contribution in [0.3, 0.4) is 0 Å². The molecule has 3 rings (SSSR count). The van der Waals surface area contributed by atoms with Gasteiger partial charge in [0.2, 0.25) is 10.0 Å². The average Bonchev–Trinajstić information content (AvgIpc) is 2.67. The molecule has 0 atom stereocenters. The Morgan fingerprint density at radius 3 is 2.33 bits per heavy atom. The van der Waals surface area contributed by atoms with Crippen LogP contribution >= 0.6 is 15.9 Å². The third-order valence-corrected chi connectivity index (χ3v) is 6.72. The number of hydrogen-bond donors (Lipinski definition) is 0. The molecule has 0 saturated carbocycles. The van der Waals surface area contributed by atoms with E-state index in [0.717, 1.165) is 4.47 Å². The maximum absolute atomic E-state index is 12.8. The van der Waals surface area contributed by atoms with Crippen LogP contribution in [-0.2, 0) is 10.0 Å². The Kier molecular flexibility index (Phi) is 5.59. The van der Waals surface area contributed by atoms with Gasteiger partial charge in [-0.2, -0.15) is 4.31 Å². The molecule has 0 aromatic heterocycles. The lowest BCUT2D eigenvalue weighted by Crippen LogP contribution is -2.50. The molecule has 142 valence electrons. The molecule has 0 N–H and O–H groups in total. The van der Waals surface area contributed by atoms with Crippen molar-refractivity contribution in [2.24, 2.45) is 0 Å². The van der Waals surface area contributed by atoms with Gasteiger partial charge in [0.25, 0.3) is 11.6 Å². The number of nitro groups is 1. The number of halogens is 1. The van der Waals surface area contributed by atoms with E-state index in [0.29, 0.717) is 5.56 Å². The summed E-state index contributed by atoms with van der Waals surface area (Å²) in [7, 11) is -4.01. The van der Waals surface area contributed by atoms with Crippen molar-refractivity contribution in [3.63, 3.8) is 0 Å². The van der Waals surface area contributed by atoms with Crippen molar-refractivity contribution in [1.29, 1.82) is 0 Å². The zero-order chi connectivity index (χ0) is 19.6. The Bertz CT molecular complexity index is 988. The summed E-state index contributed by atoms with van der Waals surface area (Å²) in [5.41, 5.74) is 0.0597. The summed E-state index contributed by atoms with van der Waals surface area (Å²) in [5.74, 6) is -0.181. The van der Waals surface area contributed by atoms with Gasteiger partial charge >= 0.3 is 0 Å². The first-order chi connectivity index (χ1) is 12.8. The van der Waals surface area contributed by atoms with Crippen LogP contribution in [0.15, 0.2) is 57.9 Å². The summed E-state index contributed by atoms with van der Waals surface area (Å²) in [6, 6.07) is 12.2. The van der Waals surface area contributed by atoms with Crippen LogP contribution in [0, 0.1) is 10.1 Å². The van der Waals surface area contributed by atoms with Gasteiger partial charge in [0.15, 0.2) is 4.90 Å². The lowest BCUT2D eigenvalue weighted by Gasteiger charge is -2.34. The van der Waals surface area contributed by atoms with E-state index in [2.05, 4.69) is 15.9 Å². The molecule has 8 nitrogen and oxygen atoms in total. The number of para-hydroxylation sites is 1. The topological polar surface area (TPSA) is 101 Å². The summed E-state index contributed by atoms with van der Waals surface area (Å²) in [4.78, 5) is 24.2. The highest BCUT2D eigenvalue weighted by molar-refractivity contribution is 9.10. The second-order valence-corrected chi connectivity index (χ2v) is 8.75. The van der Waals surface area contributed by atoms with Crippen LogP contribution in [0.1, 0.15) is 10.4 Å². The Morgan fingerprint density at radius 2 is 1.70 bits per heavy atom. The number of nitrogens with zero attached hydrogens (tertiary/aromatic N) is 3. The molecular weight excluding hydrogens is 438 g/mol. The Hall–Kier alpha value is -2.30. The third kappa shape index (κ3) is 4.02. The Morgan fingerprint density at radius 1 is 1.04 bits per heavy atom. The van der Waals surface area contributed by atoms with Crippen LogP contribution in [0.4, 0.5) is 5.69 Å². The molecule has 1 aliphatic rings. The number of carbonyl (C=O) groups excluding carboxylic acids is 1. The number of piperazine rings is 1. The maximum atomic E-state index is 12.8. The highest BCUT2D eigenvalue weighted by Crippen LogP contribution is 2.27. The number of hydrogen-bond acceptors (Lipinski definition) is 5. The van der Waals surface area contributed by atoms with Gasteiger partial charge in [-0.15, -0.1) is 0 Å². The van der Waals surface area contributed by atoms with E-state index in [1.807, 2.05) is 6.07 Å². The number of nitro benzene ring substituents is 1. The fourth-order valence-electron chi connectivity index (χ4n) is 2.90. The van der Waals surface area contributed by atoms with Crippen molar-refractivity contribution in [1.82, 2.24) is 9.21 Å². The van der Waals surface area contributed by atoms with Gasteiger partial charge in [0.1, 0.15) is 0 Å². The number of carbonyl (C=O) groups is 1. The minimum absolute atomic E-state index is 0.0775. The maximum Gasteiger partial charge on any atom is 0.289 e. The zero-order valence-corrected chi connectivity index (χ0v) is 16.5. The molecule has 0 aliphatic carbocycles. The quantitative estimate of drug-likeness (QED) is 0.522. The molecule has 10 heteroatoms. The fraction of sp³-hybridized carbons (Fsp3) is 0.235. The van der Waals surface area contributed by atoms with Gasteiger partial charge in [-0.3, -0.25) is 14.9 Å². The van der Waals surface area contributed by atoms with Gasteiger partial charge in [-0.05, 0) is 24.3 Å². The number of sulfonamides is 1. The average molecular weight is 454 g/mol. The van der Waals surface area contributed by atoms with E-state index in [4.69, 9.17) is 0 Å². The monoisotopic (exact) mass is 453 g/mol. The van der Waals surface area contributed by atoms with Crippen LogP contribution in [0.2, 0.25) is 0 Å². The minimum Gasteiger partial charge on any atom is -0.336 e. The van der Waals surface area contributed by atoms with Gasteiger partial charge in [-0.25, -0.2) is 8.42 Å². The molecule has 2 aromatic rings. The van der Waals surface area contributed by atoms with Crippen molar-refractivity contribution in [2.75, 3.05) is 26.2 Å². The minimum atomic E-state index is -4.01. The first-order valence-electron chi connectivity index (χ1n) is 8.09. The van der Waals surface area contributed by atoms with Crippen LogP contribution < -0.4 is 0 Å². The first kappa shape index (κ1) is 19.5. The standard InChI is InChI=1S/C17H16BrN3O5S/c18-14-5-3-4-13(12-14)17(22)19-8-10-20(11-9-19)27(25,26)16-7-2-1-6-15(16)21(23)24/h1-7,12H,8-11H2. The number of rotatable bonds is 4. The Balaban J connectivity index is 1.76. The van der Waals surface area contributed by atoms with E-state index in [1.165, 1.54) is 28.6 Å². The largest absolute Gasteiger partial charge is 0.336 e. The summed E-state index contributed by atoms with van der Waals surface area (Å²) in [6.07, 6.45) is 0. The third-order valence-electron chi connectivity index (χ3n) is 4.28. The molecule has 1 heterocycles. The molecule has 0 bridgehead atoms. The molecule has 0 spiro atoms. The molecule has 27 heavy (non-hydrogen) atoms. The lowest BCUT2D eigenvalue weighted by molar-refractivity contribution is -0.387. The summed E-state index contributed by atoms with van der Waals surface area (Å²) >= 11 is 3.32. The molecule has 0 unspecified atom stereocenters. The van der Waals surface area contributed by atoms with E-state index < -0.39 is 20.6 Å². The molecule has 1 saturated heterocycles. The van der Waals surface area contributed by atoms with Crippen LogP contribution in [0.5, 0.6) is 0 Å². The van der Waals surface area contributed by atoms with E-state index >= 15 is 0 Å². The van der Waals surface area contributed by atoms with E-state index in [9.17, 15) is 23.3 Å². The summed E-state index contributed by atoms with van der Waals surface area (Å²) in [6.45, 7) is 0.582. The highest BCUT2D eigenvalue weighted by atomic mass is 79.9. The highest BCUT2D eigenvalue weighted by Gasteiger charge is 2.34. The summed E-state index contributed by atoms with van der Waals surface area (Å²) in [5, 5.41) is 11.1. The predicted molar refractivity (Wildman–Crippen MR) is 102 cm³/mol. The van der Waals surface area contributed by atoms with Crippen molar-refractivity contribution in [3.05, 3.63) is 68.7 Å². The van der Waals surface area contributed by atoms with E-state index in [-0.39, 0.29) is 37.0 Å². The molecule has 1 amide bonds. The van der Waals surface area contributed by atoms with Crippen molar-refractivity contribution in [2.45, 2.75) is 4.90 Å². The van der Waals surface area contributed by atoms with E-state index in [1.54, 1.807) is 23.1 Å². The van der Waals surface area contributed by atoms with Gasteiger partial charge in [-0.1, -0.05) is 34.1 Å². The zero-order valence-electron chi connectivity index (χ0n) is 14.1. The Labute approximate surface area is 164 Å². The van der Waals surface area contributed by atoms with Crippen molar-refractivity contribution >= 4 is 37.5 Å². The molecule has 1 fully saturated rings. The van der Waals surface area contributed by atoms with Gasteiger partial charge in [0.05, 0.1) is 4.92 Å². The summed E-state index contributed by atoms with van der Waals surface area (Å²) < 4.78 is 27.6. The molecule has 1 aliphatic heterocycles. The van der Waals surface area contributed by atoms with Crippen LogP contribution in [0.25, 0.3) is 0 Å².